The van der Waals surface area contributed by atoms with Crippen molar-refractivity contribution in [3.63, 3.8) is 0 Å². The van der Waals surface area contributed by atoms with Crippen LogP contribution in [0, 0.1) is 13.8 Å². The highest BCUT2D eigenvalue weighted by Gasteiger charge is 2.31. The predicted molar refractivity (Wildman–Crippen MR) is 147 cm³/mol. The number of carbonyl (C=O) groups is 2. The highest BCUT2D eigenvalue weighted by atomic mass is 32.2. The van der Waals surface area contributed by atoms with Crippen LogP contribution in [0.5, 0.6) is 0 Å². The van der Waals surface area contributed by atoms with Crippen molar-refractivity contribution in [2.75, 3.05) is 11.4 Å². The van der Waals surface area contributed by atoms with Crippen molar-refractivity contribution in [1.29, 1.82) is 0 Å². The molecular weight excluding hydrogens is 480 g/mol. The molecule has 6 heteroatoms. The Labute approximate surface area is 221 Å². The van der Waals surface area contributed by atoms with E-state index in [0.717, 1.165) is 36.0 Å². The first kappa shape index (κ1) is 25.2. The van der Waals surface area contributed by atoms with Crippen molar-refractivity contribution in [2.45, 2.75) is 62.3 Å². The van der Waals surface area contributed by atoms with E-state index in [2.05, 4.69) is 17.5 Å². The second-order valence-corrected chi connectivity index (χ2v) is 11.3. The fraction of sp³-hybridized carbons (Fsp3) is 0.290. The van der Waals surface area contributed by atoms with Gasteiger partial charge in [-0.25, -0.2) is 4.21 Å². The summed E-state index contributed by atoms with van der Waals surface area (Å²) >= 11 is 0. The third-order valence-corrected chi connectivity index (χ3v) is 8.72. The van der Waals surface area contributed by atoms with Crippen molar-refractivity contribution in [3.8, 4) is 0 Å². The molecule has 1 aliphatic carbocycles. The van der Waals surface area contributed by atoms with E-state index in [-0.39, 0.29) is 11.8 Å². The van der Waals surface area contributed by atoms with Crippen LogP contribution in [0.1, 0.15) is 69.5 Å². The quantitative estimate of drug-likeness (QED) is 0.397. The Hall–Kier alpha value is -3.51. The molecule has 3 aromatic carbocycles. The highest BCUT2D eigenvalue weighted by Crippen LogP contribution is 2.36. The average Bonchev–Trinajstić information content (AvgIpc) is 3.00. The Balaban J connectivity index is 1.49. The molecule has 1 N–H and O–H groups in total. The third kappa shape index (κ3) is 5.30. The number of fused-ring (bicyclic) bond motifs is 2. The molecule has 1 unspecified atom stereocenters. The van der Waals surface area contributed by atoms with Gasteiger partial charge in [-0.2, -0.15) is 0 Å². The number of carbonyl (C=O) groups excluding carboxylic acids is 2. The van der Waals surface area contributed by atoms with Gasteiger partial charge in [-0.3, -0.25) is 9.59 Å². The summed E-state index contributed by atoms with van der Waals surface area (Å²) in [6.45, 7) is 4.95. The van der Waals surface area contributed by atoms with Crippen molar-refractivity contribution in [2.24, 2.45) is 0 Å². The van der Waals surface area contributed by atoms with Crippen LogP contribution in [-0.4, -0.2) is 22.6 Å². The number of hydrogen-bond acceptors (Lipinski definition) is 3. The SMILES string of the molecule is Cc1ccc(C)c(CN2C(=O)c3ccccc3S(=O)c3ccc(C(=O)NCCC4=CCCCC4)cc32)c1. The van der Waals surface area contributed by atoms with Crippen molar-refractivity contribution >= 4 is 28.3 Å². The first-order chi connectivity index (χ1) is 17.9. The summed E-state index contributed by atoms with van der Waals surface area (Å²) in [7, 11) is -1.55. The maximum Gasteiger partial charge on any atom is 0.259 e. The zero-order valence-corrected chi connectivity index (χ0v) is 22.2. The molecule has 0 bridgehead atoms. The second kappa shape index (κ2) is 10.9. The molecule has 2 aliphatic rings. The number of amides is 2. The number of aryl methyl sites for hydroxylation is 2. The fourth-order valence-electron chi connectivity index (χ4n) is 5.07. The lowest BCUT2D eigenvalue weighted by molar-refractivity contribution is 0.0950. The maximum absolute atomic E-state index is 13.9. The Morgan fingerprint density at radius 3 is 2.65 bits per heavy atom. The summed E-state index contributed by atoms with van der Waals surface area (Å²) in [6.07, 6.45) is 7.84. The lowest BCUT2D eigenvalue weighted by atomic mass is 9.97. The number of anilines is 1. The first-order valence-corrected chi connectivity index (χ1v) is 14.1. The monoisotopic (exact) mass is 512 g/mol. The van der Waals surface area contributed by atoms with E-state index in [1.165, 1.54) is 18.4 Å². The van der Waals surface area contributed by atoms with Gasteiger partial charge in [0.1, 0.15) is 0 Å². The molecule has 37 heavy (non-hydrogen) atoms. The maximum atomic E-state index is 13.9. The number of hydrogen-bond donors (Lipinski definition) is 1. The van der Waals surface area contributed by atoms with Crippen LogP contribution in [-0.2, 0) is 17.3 Å². The summed E-state index contributed by atoms with van der Waals surface area (Å²) < 4.78 is 13.6. The second-order valence-electron chi connectivity index (χ2n) is 9.88. The molecule has 3 aromatic rings. The van der Waals surface area contributed by atoms with Crippen molar-refractivity contribution in [3.05, 3.63) is 100 Å². The number of nitrogens with one attached hydrogen (secondary N) is 1. The van der Waals surface area contributed by atoms with Gasteiger partial charge in [0.25, 0.3) is 11.8 Å². The summed E-state index contributed by atoms with van der Waals surface area (Å²) in [5.41, 5.74) is 6.00. The van der Waals surface area contributed by atoms with E-state index in [0.29, 0.717) is 39.7 Å². The molecule has 1 aliphatic heterocycles. The molecule has 5 rings (SSSR count). The Kier molecular flexibility index (Phi) is 7.38. The van der Waals surface area contributed by atoms with Gasteiger partial charge in [-0.1, -0.05) is 47.5 Å². The molecule has 190 valence electrons. The largest absolute Gasteiger partial charge is 0.352 e. The van der Waals surface area contributed by atoms with E-state index in [1.807, 2.05) is 26.0 Å². The molecule has 0 aromatic heterocycles. The van der Waals surface area contributed by atoms with Crippen molar-refractivity contribution in [1.82, 2.24) is 5.32 Å². The minimum atomic E-state index is -1.55. The normalized spacial score (nSPS) is 16.9. The highest BCUT2D eigenvalue weighted by molar-refractivity contribution is 7.85. The van der Waals surface area contributed by atoms with Crippen LogP contribution < -0.4 is 10.2 Å². The molecule has 0 radical (unpaired) electrons. The van der Waals surface area contributed by atoms with Gasteiger partial charge in [-0.05, 0) is 87.4 Å². The topological polar surface area (TPSA) is 66.5 Å². The zero-order valence-electron chi connectivity index (χ0n) is 21.4. The van der Waals surface area contributed by atoms with Gasteiger partial charge in [0.05, 0.1) is 38.4 Å². The molecule has 2 amide bonds. The van der Waals surface area contributed by atoms with E-state index in [4.69, 9.17) is 0 Å². The molecule has 0 saturated carbocycles. The Morgan fingerprint density at radius 2 is 1.84 bits per heavy atom. The van der Waals surface area contributed by atoms with Crippen LogP contribution in [0.15, 0.2) is 82.1 Å². The van der Waals surface area contributed by atoms with E-state index in [1.54, 1.807) is 47.4 Å². The van der Waals surface area contributed by atoms with Crippen LogP contribution in [0.4, 0.5) is 5.69 Å². The summed E-state index contributed by atoms with van der Waals surface area (Å²) in [5.74, 6) is -0.406. The lowest BCUT2D eigenvalue weighted by Crippen LogP contribution is -2.31. The van der Waals surface area contributed by atoms with Crippen LogP contribution in [0.25, 0.3) is 0 Å². The fourth-order valence-corrected chi connectivity index (χ4v) is 6.42. The molecule has 0 fully saturated rings. The average molecular weight is 513 g/mol. The summed E-state index contributed by atoms with van der Waals surface area (Å²) in [5, 5.41) is 3.03. The molecule has 5 nitrogen and oxygen atoms in total. The smallest absolute Gasteiger partial charge is 0.259 e. The van der Waals surface area contributed by atoms with Gasteiger partial charge in [0.15, 0.2) is 0 Å². The van der Waals surface area contributed by atoms with Gasteiger partial charge >= 0.3 is 0 Å². The lowest BCUT2D eigenvalue weighted by Gasteiger charge is -2.24. The zero-order chi connectivity index (χ0) is 25.9. The van der Waals surface area contributed by atoms with E-state index < -0.39 is 10.8 Å². The van der Waals surface area contributed by atoms with E-state index in [9.17, 15) is 13.8 Å². The summed E-state index contributed by atoms with van der Waals surface area (Å²) in [6, 6.07) is 18.4. The van der Waals surface area contributed by atoms with Gasteiger partial charge in [-0.15, -0.1) is 0 Å². The molecule has 1 heterocycles. The van der Waals surface area contributed by atoms with Crippen LogP contribution in [0.2, 0.25) is 0 Å². The molecule has 0 saturated heterocycles. The first-order valence-electron chi connectivity index (χ1n) is 12.9. The van der Waals surface area contributed by atoms with Crippen LogP contribution >= 0.6 is 0 Å². The van der Waals surface area contributed by atoms with Crippen LogP contribution in [0.3, 0.4) is 0 Å². The minimum Gasteiger partial charge on any atom is -0.352 e. The molecule has 1 atom stereocenters. The number of benzene rings is 3. The van der Waals surface area contributed by atoms with Gasteiger partial charge in [0.2, 0.25) is 0 Å². The number of allylic oxidation sites excluding steroid dienone is 1. The standard InChI is InChI=1S/C31H32N2O3S/c1-21-12-13-22(2)25(18-21)20-33-27-19-24(30(34)32-17-16-23-8-4-3-5-9-23)14-15-29(27)37(36)28-11-7-6-10-26(28)31(33)35/h6-8,10-15,18-19H,3-5,9,16-17,20H2,1-2H3,(H,32,34). The third-order valence-electron chi connectivity index (χ3n) is 7.22. The minimum absolute atomic E-state index is 0.189. The van der Waals surface area contributed by atoms with Crippen molar-refractivity contribution < 1.29 is 13.8 Å². The Morgan fingerprint density at radius 1 is 1.00 bits per heavy atom. The predicted octanol–water partition coefficient (Wildman–Crippen LogP) is 6.25. The Bertz CT molecular complexity index is 1430. The summed E-state index contributed by atoms with van der Waals surface area (Å²) in [4.78, 5) is 29.7. The molecular formula is C31H32N2O3S. The van der Waals surface area contributed by atoms with Gasteiger partial charge < -0.3 is 10.2 Å². The number of nitrogens with zero attached hydrogens (tertiary/aromatic N) is 1. The molecule has 0 spiro atoms. The van der Waals surface area contributed by atoms with Gasteiger partial charge in [0, 0.05) is 12.1 Å². The number of rotatable bonds is 6. The van der Waals surface area contributed by atoms with E-state index >= 15 is 0 Å².